The van der Waals surface area contributed by atoms with E-state index in [-0.39, 0.29) is 6.04 Å². The number of aromatic nitrogens is 2. The molecule has 0 fully saturated rings. The van der Waals surface area contributed by atoms with Crippen molar-refractivity contribution in [2.45, 2.75) is 6.04 Å². The Morgan fingerprint density at radius 1 is 1.54 bits per heavy atom. The predicted molar refractivity (Wildman–Crippen MR) is 55.1 cm³/mol. The van der Waals surface area contributed by atoms with Crippen molar-refractivity contribution in [3.63, 3.8) is 0 Å². The van der Waals surface area contributed by atoms with Crippen LogP contribution in [0.25, 0.3) is 0 Å². The number of nitrogens with one attached hydrogen (secondary N) is 1. The molecule has 0 aromatic carbocycles. The topological polar surface area (TPSA) is 37.8 Å². The van der Waals surface area contributed by atoms with E-state index in [1.54, 1.807) is 11.3 Å². The van der Waals surface area contributed by atoms with Crippen LogP contribution in [0.5, 0.6) is 0 Å². The molecule has 3 nitrogen and oxygen atoms in total. The van der Waals surface area contributed by atoms with Crippen LogP contribution in [0.3, 0.4) is 0 Å². The van der Waals surface area contributed by atoms with Gasteiger partial charge in [-0.05, 0) is 41.0 Å². The van der Waals surface area contributed by atoms with Crippen molar-refractivity contribution in [2.24, 2.45) is 0 Å². The molecule has 0 saturated heterocycles. The van der Waals surface area contributed by atoms with Gasteiger partial charge < -0.3 is 5.32 Å². The first kappa shape index (κ1) is 8.80. The summed E-state index contributed by atoms with van der Waals surface area (Å²) in [6.45, 7) is 0. The lowest BCUT2D eigenvalue weighted by atomic mass is 10.1. The Morgan fingerprint density at radius 3 is 3.00 bits per heavy atom. The summed E-state index contributed by atoms with van der Waals surface area (Å²) in [6.07, 6.45) is 1.81. The zero-order valence-corrected chi connectivity index (χ0v) is 8.73. The number of hydrogen-bond acceptors (Lipinski definition) is 5. The molecule has 2 rings (SSSR count). The van der Waals surface area contributed by atoms with Crippen molar-refractivity contribution in [1.82, 2.24) is 14.9 Å². The molecule has 2 aromatic rings. The van der Waals surface area contributed by atoms with Gasteiger partial charge in [-0.3, -0.25) is 0 Å². The van der Waals surface area contributed by atoms with Crippen molar-refractivity contribution < 1.29 is 0 Å². The molecule has 68 valence electrons. The predicted octanol–water partition coefficient (Wildman–Crippen LogP) is 1.91. The summed E-state index contributed by atoms with van der Waals surface area (Å²) in [5.74, 6) is 0. The van der Waals surface area contributed by atoms with Crippen LogP contribution in [-0.2, 0) is 0 Å². The number of hydrogen-bond donors (Lipinski definition) is 1. The third kappa shape index (κ3) is 1.77. The van der Waals surface area contributed by atoms with Crippen molar-refractivity contribution in [3.8, 4) is 0 Å². The number of thiophene rings is 1. The standard InChI is InChI=1S/C8H9N3S2/c1-9-8(6-2-3-12-5-6)7-4-10-11-13-7/h2-5,8-9H,1H3. The zero-order valence-electron chi connectivity index (χ0n) is 7.10. The van der Waals surface area contributed by atoms with Gasteiger partial charge in [0.05, 0.1) is 17.1 Å². The average molecular weight is 211 g/mol. The van der Waals surface area contributed by atoms with E-state index in [9.17, 15) is 0 Å². The van der Waals surface area contributed by atoms with Gasteiger partial charge >= 0.3 is 0 Å². The fraction of sp³-hybridized carbons (Fsp3) is 0.250. The fourth-order valence-corrected chi connectivity index (χ4v) is 2.54. The van der Waals surface area contributed by atoms with Crippen LogP contribution in [0.1, 0.15) is 16.5 Å². The molecule has 13 heavy (non-hydrogen) atoms. The first-order chi connectivity index (χ1) is 6.42. The maximum atomic E-state index is 3.86. The van der Waals surface area contributed by atoms with E-state index in [2.05, 4.69) is 31.7 Å². The SMILES string of the molecule is CNC(c1ccsc1)c1cnns1. The third-order valence-corrected chi connectivity index (χ3v) is 3.26. The molecule has 5 heteroatoms. The van der Waals surface area contributed by atoms with E-state index < -0.39 is 0 Å². The van der Waals surface area contributed by atoms with Crippen LogP contribution in [0.4, 0.5) is 0 Å². The number of nitrogens with zero attached hydrogens (tertiary/aromatic N) is 2. The van der Waals surface area contributed by atoms with Crippen LogP contribution in [0.2, 0.25) is 0 Å². The molecule has 1 unspecified atom stereocenters. The minimum Gasteiger partial charge on any atom is -0.309 e. The summed E-state index contributed by atoms with van der Waals surface area (Å²) in [6, 6.07) is 2.36. The van der Waals surface area contributed by atoms with Gasteiger partial charge in [0.25, 0.3) is 0 Å². The second-order valence-corrected chi connectivity index (χ2v) is 4.20. The molecule has 0 aliphatic heterocycles. The smallest absolute Gasteiger partial charge is 0.0709 e. The minimum absolute atomic E-state index is 0.242. The Kier molecular flexibility index (Phi) is 2.68. The van der Waals surface area contributed by atoms with Gasteiger partial charge in [-0.25, -0.2) is 0 Å². The second-order valence-electron chi connectivity index (χ2n) is 2.60. The van der Waals surface area contributed by atoms with Crippen molar-refractivity contribution in [2.75, 3.05) is 7.05 Å². The molecular formula is C8H9N3S2. The first-order valence-corrected chi connectivity index (χ1v) is 5.60. The van der Waals surface area contributed by atoms with Crippen LogP contribution in [-0.4, -0.2) is 16.6 Å². The van der Waals surface area contributed by atoms with Gasteiger partial charge in [0.2, 0.25) is 0 Å². The summed E-state index contributed by atoms with van der Waals surface area (Å²) in [7, 11) is 1.95. The molecule has 0 radical (unpaired) electrons. The van der Waals surface area contributed by atoms with Crippen molar-refractivity contribution in [3.05, 3.63) is 33.5 Å². The highest BCUT2D eigenvalue weighted by Gasteiger charge is 2.13. The largest absolute Gasteiger partial charge is 0.309 e. The summed E-state index contributed by atoms with van der Waals surface area (Å²) in [5, 5.41) is 11.3. The van der Waals surface area contributed by atoms with E-state index in [4.69, 9.17) is 0 Å². The Morgan fingerprint density at radius 2 is 2.46 bits per heavy atom. The molecule has 0 amide bonds. The van der Waals surface area contributed by atoms with Gasteiger partial charge in [-0.1, -0.05) is 4.49 Å². The lowest BCUT2D eigenvalue weighted by Crippen LogP contribution is -2.15. The maximum absolute atomic E-state index is 3.86. The average Bonchev–Trinajstić information content (AvgIpc) is 2.76. The van der Waals surface area contributed by atoms with Crippen LogP contribution in [0, 0.1) is 0 Å². The van der Waals surface area contributed by atoms with E-state index >= 15 is 0 Å². The molecule has 2 heterocycles. The van der Waals surface area contributed by atoms with Gasteiger partial charge in [0, 0.05) is 0 Å². The van der Waals surface area contributed by atoms with E-state index in [1.165, 1.54) is 17.1 Å². The van der Waals surface area contributed by atoms with Gasteiger partial charge in [0.15, 0.2) is 0 Å². The van der Waals surface area contributed by atoms with E-state index in [1.807, 2.05) is 13.2 Å². The van der Waals surface area contributed by atoms with Crippen LogP contribution in [0.15, 0.2) is 23.0 Å². The molecule has 1 N–H and O–H groups in total. The van der Waals surface area contributed by atoms with Crippen molar-refractivity contribution >= 4 is 22.9 Å². The monoisotopic (exact) mass is 211 g/mol. The van der Waals surface area contributed by atoms with E-state index in [0.717, 1.165) is 4.88 Å². The molecule has 0 spiro atoms. The van der Waals surface area contributed by atoms with E-state index in [0.29, 0.717) is 0 Å². The molecule has 0 bridgehead atoms. The summed E-state index contributed by atoms with van der Waals surface area (Å²) < 4.78 is 3.86. The highest BCUT2D eigenvalue weighted by atomic mass is 32.1. The van der Waals surface area contributed by atoms with Crippen LogP contribution < -0.4 is 5.32 Å². The molecule has 0 aliphatic carbocycles. The highest BCUT2D eigenvalue weighted by Crippen LogP contribution is 2.24. The maximum Gasteiger partial charge on any atom is 0.0709 e. The lowest BCUT2D eigenvalue weighted by Gasteiger charge is -2.10. The lowest BCUT2D eigenvalue weighted by molar-refractivity contribution is 0.705. The normalized spacial score (nSPS) is 13.0. The third-order valence-electron chi connectivity index (χ3n) is 1.83. The molecule has 0 aliphatic rings. The molecular weight excluding hydrogens is 202 g/mol. The Labute approximate surface area is 84.6 Å². The summed E-state index contributed by atoms with van der Waals surface area (Å²) >= 11 is 3.14. The Balaban J connectivity index is 2.29. The second kappa shape index (κ2) is 3.95. The van der Waals surface area contributed by atoms with Gasteiger partial charge in [0.1, 0.15) is 0 Å². The fourth-order valence-electron chi connectivity index (χ4n) is 1.21. The summed E-state index contributed by atoms with van der Waals surface area (Å²) in [4.78, 5) is 1.15. The van der Waals surface area contributed by atoms with Gasteiger partial charge in [-0.2, -0.15) is 11.3 Å². The first-order valence-electron chi connectivity index (χ1n) is 3.88. The number of rotatable bonds is 3. The zero-order chi connectivity index (χ0) is 9.10. The quantitative estimate of drug-likeness (QED) is 0.842. The van der Waals surface area contributed by atoms with Gasteiger partial charge in [-0.15, -0.1) is 5.10 Å². The van der Waals surface area contributed by atoms with Crippen LogP contribution >= 0.6 is 22.9 Å². The summed E-state index contributed by atoms with van der Waals surface area (Å²) in [5.41, 5.74) is 1.28. The molecule has 1 atom stereocenters. The highest BCUT2D eigenvalue weighted by molar-refractivity contribution is 7.08. The molecule has 0 saturated carbocycles. The molecule has 2 aromatic heterocycles. The minimum atomic E-state index is 0.242. The Bertz CT molecular complexity index is 307. The Hall–Kier alpha value is -0.780. The van der Waals surface area contributed by atoms with Crippen molar-refractivity contribution in [1.29, 1.82) is 0 Å².